The third-order valence-electron chi connectivity index (χ3n) is 3.32. The lowest BCUT2D eigenvalue weighted by molar-refractivity contribution is 0.700. The van der Waals surface area contributed by atoms with E-state index < -0.39 is 0 Å². The van der Waals surface area contributed by atoms with E-state index in [1.807, 2.05) is 0 Å². The molecule has 3 rings (SSSR count). The number of aryl methyl sites for hydroxylation is 1. The molecule has 0 amide bonds. The Bertz CT molecular complexity index is 542. The first kappa shape index (κ1) is 9.43. The summed E-state index contributed by atoms with van der Waals surface area (Å²) in [5, 5.41) is 1.36. The van der Waals surface area contributed by atoms with Crippen molar-refractivity contribution in [3.05, 3.63) is 33.9 Å². The lowest BCUT2D eigenvalue weighted by atomic mass is 10.1. The van der Waals surface area contributed by atoms with E-state index in [1.165, 1.54) is 22.2 Å². The van der Waals surface area contributed by atoms with Crippen molar-refractivity contribution in [3.8, 4) is 0 Å². The number of halogens is 1. The van der Waals surface area contributed by atoms with Gasteiger partial charge in [0, 0.05) is 40.6 Å². The topological polar surface area (TPSA) is 30.9 Å². The van der Waals surface area contributed by atoms with Gasteiger partial charge in [0.15, 0.2) is 0 Å². The fourth-order valence-electron chi connectivity index (χ4n) is 2.61. The molecule has 0 spiro atoms. The molecule has 0 radical (unpaired) electrons. The van der Waals surface area contributed by atoms with Gasteiger partial charge in [0.1, 0.15) is 0 Å². The highest BCUT2D eigenvalue weighted by Crippen LogP contribution is 2.33. The molecule has 2 N–H and O–H groups in total. The molecule has 1 aliphatic rings. The molecule has 1 heterocycles. The molecule has 2 aromatic rings. The van der Waals surface area contributed by atoms with Crippen LogP contribution >= 0.6 is 15.9 Å². The van der Waals surface area contributed by atoms with Gasteiger partial charge in [-0.1, -0.05) is 22.0 Å². The van der Waals surface area contributed by atoms with Crippen molar-refractivity contribution < 1.29 is 0 Å². The Balaban J connectivity index is 2.36. The number of hydrogen-bond donors (Lipinski definition) is 1. The van der Waals surface area contributed by atoms with E-state index in [0.29, 0.717) is 6.04 Å². The van der Waals surface area contributed by atoms with Crippen molar-refractivity contribution in [2.75, 3.05) is 0 Å². The molecule has 0 fully saturated rings. The largest absolute Gasteiger partial charge is 0.347 e. The van der Waals surface area contributed by atoms with Crippen molar-refractivity contribution in [3.63, 3.8) is 0 Å². The van der Waals surface area contributed by atoms with Crippen LogP contribution < -0.4 is 5.73 Å². The summed E-state index contributed by atoms with van der Waals surface area (Å²) < 4.78 is 3.42. The van der Waals surface area contributed by atoms with E-state index in [9.17, 15) is 0 Å². The summed E-state index contributed by atoms with van der Waals surface area (Å²) in [6, 6.07) is 6.79. The average Bonchev–Trinajstić information content (AvgIpc) is 2.67. The summed E-state index contributed by atoms with van der Waals surface area (Å²) in [6.07, 6.45) is 2.03. The van der Waals surface area contributed by atoms with Gasteiger partial charge in [-0.05, 0) is 24.1 Å². The molecule has 3 heteroatoms. The van der Waals surface area contributed by atoms with E-state index in [1.54, 1.807) is 0 Å². The number of benzene rings is 1. The zero-order chi connectivity index (χ0) is 10.6. The number of nitrogens with two attached hydrogens (primary N) is 1. The standard InChI is InChI=1S/C12H13BrN2/c1-15-11-4-7(13)2-3-9(11)10-5-8(14)6-12(10)15/h2-4,8H,5-6,14H2,1H3. The number of hydrogen-bond acceptors (Lipinski definition) is 1. The van der Waals surface area contributed by atoms with E-state index in [0.717, 1.165) is 17.3 Å². The summed E-state index contributed by atoms with van der Waals surface area (Å²) in [5.74, 6) is 0. The molecule has 0 saturated heterocycles. The molecule has 0 aliphatic heterocycles. The Morgan fingerprint density at radius 2 is 2.20 bits per heavy atom. The maximum atomic E-state index is 6.00. The summed E-state index contributed by atoms with van der Waals surface area (Å²) in [6.45, 7) is 0. The number of rotatable bonds is 0. The Morgan fingerprint density at radius 1 is 1.40 bits per heavy atom. The van der Waals surface area contributed by atoms with Crippen LogP contribution in [0, 0.1) is 0 Å². The maximum absolute atomic E-state index is 6.00. The highest BCUT2D eigenvalue weighted by atomic mass is 79.9. The minimum Gasteiger partial charge on any atom is -0.347 e. The fourth-order valence-corrected chi connectivity index (χ4v) is 2.96. The zero-order valence-corrected chi connectivity index (χ0v) is 10.2. The van der Waals surface area contributed by atoms with E-state index in [4.69, 9.17) is 5.73 Å². The Labute approximate surface area is 97.2 Å². The van der Waals surface area contributed by atoms with E-state index >= 15 is 0 Å². The fraction of sp³-hybridized carbons (Fsp3) is 0.333. The second kappa shape index (κ2) is 3.09. The van der Waals surface area contributed by atoms with Gasteiger partial charge in [0.25, 0.3) is 0 Å². The van der Waals surface area contributed by atoms with Crippen LogP contribution in [-0.2, 0) is 19.9 Å². The van der Waals surface area contributed by atoms with Crippen molar-refractivity contribution >= 4 is 26.8 Å². The normalized spacial score (nSPS) is 19.8. The van der Waals surface area contributed by atoms with Gasteiger partial charge >= 0.3 is 0 Å². The van der Waals surface area contributed by atoms with Crippen molar-refractivity contribution in [1.82, 2.24) is 4.57 Å². The molecule has 1 unspecified atom stereocenters. The van der Waals surface area contributed by atoms with Gasteiger partial charge in [-0.2, -0.15) is 0 Å². The lowest BCUT2D eigenvalue weighted by Crippen LogP contribution is -2.20. The van der Waals surface area contributed by atoms with Gasteiger partial charge in [0.05, 0.1) is 0 Å². The smallest absolute Gasteiger partial charge is 0.0494 e. The third kappa shape index (κ3) is 1.26. The monoisotopic (exact) mass is 264 g/mol. The highest BCUT2D eigenvalue weighted by molar-refractivity contribution is 9.10. The Kier molecular flexibility index (Phi) is 1.94. The average molecular weight is 265 g/mol. The van der Waals surface area contributed by atoms with Crippen LogP contribution in [0.2, 0.25) is 0 Å². The molecule has 1 aliphatic carbocycles. The second-order valence-corrected chi connectivity index (χ2v) is 5.23. The second-order valence-electron chi connectivity index (χ2n) is 4.31. The third-order valence-corrected chi connectivity index (χ3v) is 3.81. The highest BCUT2D eigenvalue weighted by Gasteiger charge is 2.24. The van der Waals surface area contributed by atoms with Gasteiger partial charge in [-0.25, -0.2) is 0 Å². The molecule has 1 atom stereocenters. The molecule has 78 valence electrons. The predicted molar refractivity (Wildman–Crippen MR) is 66.0 cm³/mol. The first-order valence-corrected chi connectivity index (χ1v) is 5.97. The van der Waals surface area contributed by atoms with Gasteiger partial charge in [0.2, 0.25) is 0 Å². The van der Waals surface area contributed by atoms with Crippen LogP contribution in [0.15, 0.2) is 22.7 Å². The summed E-state index contributed by atoms with van der Waals surface area (Å²) in [7, 11) is 2.13. The molecular weight excluding hydrogens is 252 g/mol. The summed E-state index contributed by atoms with van der Waals surface area (Å²) in [5.41, 5.74) is 10.2. The molecule has 1 aromatic carbocycles. The minimum atomic E-state index is 0.314. The first-order valence-electron chi connectivity index (χ1n) is 5.18. The minimum absolute atomic E-state index is 0.314. The van der Waals surface area contributed by atoms with Crippen LogP contribution in [0.5, 0.6) is 0 Å². The van der Waals surface area contributed by atoms with Crippen molar-refractivity contribution in [2.45, 2.75) is 18.9 Å². The maximum Gasteiger partial charge on any atom is 0.0494 e. The predicted octanol–water partition coefficient (Wildman–Crippen LogP) is 2.37. The van der Waals surface area contributed by atoms with Crippen LogP contribution in [0.4, 0.5) is 0 Å². The van der Waals surface area contributed by atoms with Crippen LogP contribution in [0.1, 0.15) is 11.3 Å². The number of aromatic nitrogens is 1. The van der Waals surface area contributed by atoms with Crippen LogP contribution in [0.25, 0.3) is 10.9 Å². The molecular formula is C12H13BrN2. The SMILES string of the molecule is Cn1c2c(c3ccc(Br)cc31)CC(N)C2. The lowest BCUT2D eigenvalue weighted by Gasteiger charge is -2.04. The molecule has 15 heavy (non-hydrogen) atoms. The molecule has 1 aromatic heterocycles. The zero-order valence-electron chi connectivity index (χ0n) is 8.63. The molecule has 0 saturated carbocycles. The summed E-state index contributed by atoms with van der Waals surface area (Å²) in [4.78, 5) is 0. The van der Waals surface area contributed by atoms with Crippen LogP contribution in [-0.4, -0.2) is 10.6 Å². The quantitative estimate of drug-likeness (QED) is 0.779. The number of nitrogens with zero attached hydrogens (tertiary/aromatic N) is 1. The Morgan fingerprint density at radius 3 is 3.00 bits per heavy atom. The van der Waals surface area contributed by atoms with Gasteiger partial charge < -0.3 is 10.3 Å². The molecule has 0 bridgehead atoms. The van der Waals surface area contributed by atoms with E-state index in [-0.39, 0.29) is 0 Å². The Hall–Kier alpha value is -0.800. The van der Waals surface area contributed by atoms with E-state index in [2.05, 4.69) is 45.7 Å². The van der Waals surface area contributed by atoms with Crippen LogP contribution in [0.3, 0.4) is 0 Å². The molecule has 2 nitrogen and oxygen atoms in total. The van der Waals surface area contributed by atoms with Gasteiger partial charge in [-0.3, -0.25) is 0 Å². The number of fused-ring (bicyclic) bond motifs is 3. The first-order chi connectivity index (χ1) is 7.16. The van der Waals surface area contributed by atoms with Gasteiger partial charge in [-0.15, -0.1) is 0 Å². The summed E-state index contributed by atoms with van der Waals surface area (Å²) >= 11 is 3.51. The van der Waals surface area contributed by atoms with Crippen molar-refractivity contribution in [1.29, 1.82) is 0 Å². The van der Waals surface area contributed by atoms with Crippen molar-refractivity contribution in [2.24, 2.45) is 12.8 Å².